The van der Waals surface area contributed by atoms with Gasteiger partial charge in [0, 0.05) is 11.3 Å². The molecular weight excluding hydrogens is 394 g/mol. The lowest BCUT2D eigenvalue weighted by Crippen LogP contribution is -2.12. The quantitative estimate of drug-likeness (QED) is 0.493. The molecule has 0 unspecified atom stereocenters. The van der Waals surface area contributed by atoms with Gasteiger partial charge in [-0.2, -0.15) is 5.10 Å². The number of benzene rings is 1. The van der Waals surface area contributed by atoms with Gasteiger partial charge in [0.1, 0.15) is 10.7 Å². The fourth-order valence-electron chi connectivity index (χ4n) is 3.92. The van der Waals surface area contributed by atoms with Crippen molar-refractivity contribution >= 4 is 33.1 Å². The van der Waals surface area contributed by atoms with Gasteiger partial charge >= 0.3 is 0 Å². The van der Waals surface area contributed by atoms with Gasteiger partial charge < -0.3 is 5.32 Å². The third-order valence-corrected chi connectivity index (χ3v) is 6.85. The smallest absolute Gasteiger partial charge is 0.266 e. The van der Waals surface area contributed by atoms with Crippen molar-refractivity contribution in [3.8, 4) is 5.69 Å². The minimum atomic E-state index is -0.123. The van der Waals surface area contributed by atoms with Crippen molar-refractivity contribution in [2.75, 3.05) is 5.32 Å². The maximum Gasteiger partial charge on any atom is 0.266 e. The Balaban J connectivity index is 1.50. The summed E-state index contributed by atoms with van der Waals surface area (Å²) in [6.07, 6.45) is 2.32. The fourth-order valence-corrected chi connectivity index (χ4v) is 5.05. The number of nitrogens with zero attached hydrogens (tertiary/aromatic N) is 4. The number of aryl methyl sites for hydroxylation is 3. The first-order chi connectivity index (χ1) is 14.4. The second-order valence-corrected chi connectivity index (χ2v) is 8.92. The molecule has 30 heavy (non-hydrogen) atoms. The van der Waals surface area contributed by atoms with E-state index in [2.05, 4.69) is 10.4 Å². The lowest BCUT2D eigenvalue weighted by atomic mass is 10.1. The molecule has 1 aliphatic carbocycles. The number of fused-ring (bicyclic) bond motifs is 1. The van der Waals surface area contributed by atoms with Gasteiger partial charge in [-0.3, -0.25) is 4.79 Å². The van der Waals surface area contributed by atoms with E-state index >= 15 is 0 Å². The topological polar surface area (TPSA) is 72.7 Å². The molecule has 0 atom stereocenters. The maximum atomic E-state index is 13.2. The monoisotopic (exact) mass is 417 g/mol. The Morgan fingerprint density at radius 2 is 1.80 bits per heavy atom. The fraction of sp³-hybridized carbons (Fsp3) is 0.304. The zero-order valence-electron chi connectivity index (χ0n) is 17.5. The van der Waals surface area contributed by atoms with Crippen molar-refractivity contribution in [3.05, 3.63) is 63.7 Å². The average Bonchev–Trinajstić information content (AvgIpc) is 3.48. The van der Waals surface area contributed by atoms with Gasteiger partial charge in [0.15, 0.2) is 0 Å². The van der Waals surface area contributed by atoms with Crippen LogP contribution in [0, 0.1) is 27.7 Å². The summed E-state index contributed by atoms with van der Waals surface area (Å²) < 4.78 is 1.86. The second kappa shape index (κ2) is 7.02. The highest BCUT2D eigenvalue weighted by molar-refractivity contribution is 7.20. The minimum absolute atomic E-state index is 0.123. The lowest BCUT2D eigenvalue weighted by molar-refractivity contribution is 0.103. The van der Waals surface area contributed by atoms with Crippen molar-refractivity contribution in [1.29, 1.82) is 0 Å². The van der Waals surface area contributed by atoms with Crippen LogP contribution < -0.4 is 5.32 Å². The molecule has 0 radical (unpaired) electrons. The number of nitrogens with one attached hydrogen (secondary N) is 1. The number of amides is 1. The lowest BCUT2D eigenvalue weighted by Gasteiger charge is -2.07. The van der Waals surface area contributed by atoms with Crippen LogP contribution in [-0.2, 0) is 0 Å². The van der Waals surface area contributed by atoms with Crippen LogP contribution in [0.5, 0.6) is 0 Å². The molecule has 0 saturated heterocycles. The Labute approximate surface area is 179 Å². The van der Waals surface area contributed by atoms with Crippen LogP contribution in [0.2, 0.25) is 0 Å². The van der Waals surface area contributed by atoms with E-state index in [1.54, 1.807) is 0 Å². The standard InChI is InChI=1S/C23H23N5OS/c1-12-18-13(2)24-21(16-10-11-16)26-23(18)30-20(12)22(29)25-19-14(3)27-28(15(19)4)17-8-6-5-7-9-17/h5-9,16H,10-11H2,1-4H3,(H,25,29). The zero-order valence-corrected chi connectivity index (χ0v) is 18.3. The molecule has 1 amide bonds. The summed E-state index contributed by atoms with van der Waals surface area (Å²) in [7, 11) is 0. The van der Waals surface area contributed by atoms with Crippen LogP contribution in [0.15, 0.2) is 30.3 Å². The number of carbonyl (C=O) groups excluding carboxylic acids is 1. The molecule has 5 rings (SSSR count). The first-order valence-corrected chi connectivity index (χ1v) is 11.0. The Bertz CT molecular complexity index is 1280. The number of hydrogen-bond donors (Lipinski definition) is 1. The largest absolute Gasteiger partial charge is 0.318 e. The first kappa shape index (κ1) is 18.9. The third kappa shape index (κ3) is 3.10. The van der Waals surface area contributed by atoms with E-state index in [1.165, 1.54) is 11.3 Å². The van der Waals surface area contributed by atoms with Gasteiger partial charge in [0.2, 0.25) is 0 Å². The molecule has 6 nitrogen and oxygen atoms in total. The van der Waals surface area contributed by atoms with Crippen LogP contribution in [0.4, 0.5) is 5.69 Å². The molecule has 1 aliphatic rings. The Morgan fingerprint density at radius 1 is 1.07 bits per heavy atom. The highest BCUT2D eigenvalue weighted by atomic mass is 32.1. The predicted octanol–water partition coefficient (Wildman–Crippen LogP) is 5.24. The maximum absolute atomic E-state index is 13.2. The van der Waals surface area contributed by atoms with Crippen molar-refractivity contribution in [3.63, 3.8) is 0 Å². The number of aromatic nitrogens is 4. The summed E-state index contributed by atoms with van der Waals surface area (Å²) in [5.74, 6) is 1.28. The molecular formula is C23H23N5OS. The molecule has 1 N–H and O–H groups in total. The summed E-state index contributed by atoms with van der Waals surface area (Å²) in [5, 5.41) is 8.73. The van der Waals surface area contributed by atoms with E-state index in [9.17, 15) is 4.79 Å². The van der Waals surface area contributed by atoms with Gasteiger partial charge in [-0.05, 0) is 58.2 Å². The SMILES string of the molecule is Cc1nn(-c2ccccc2)c(C)c1NC(=O)c1sc2nc(C3CC3)nc(C)c2c1C. The van der Waals surface area contributed by atoms with E-state index in [-0.39, 0.29) is 5.91 Å². The number of carbonyl (C=O) groups is 1. The molecule has 3 aromatic heterocycles. The number of para-hydroxylation sites is 1. The van der Waals surface area contributed by atoms with Crippen molar-refractivity contribution in [1.82, 2.24) is 19.7 Å². The van der Waals surface area contributed by atoms with E-state index in [4.69, 9.17) is 9.97 Å². The summed E-state index contributed by atoms with van der Waals surface area (Å²) in [6.45, 7) is 7.87. The van der Waals surface area contributed by atoms with E-state index in [1.807, 2.05) is 62.7 Å². The number of anilines is 1. The second-order valence-electron chi connectivity index (χ2n) is 7.93. The van der Waals surface area contributed by atoms with Gasteiger partial charge in [-0.15, -0.1) is 11.3 Å². The number of thiophene rings is 1. The van der Waals surface area contributed by atoms with Gasteiger partial charge in [0.25, 0.3) is 5.91 Å². The molecule has 7 heteroatoms. The van der Waals surface area contributed by atoms with Gasteiger partial charge in [0.05, 0.1) is 33.3 Å². The van der Waals surface area contributed by atoms with E-state index in [0.717, 1.165) is 62.9 Å². The highest BCUT2D eigenvalue weighted by Gasteiger charge is 2.29. The summed E-state index contributed by atoms with van der Waals surface area (Å²) in [4.78, 5) is 24.3. The highest BCUT2D eigenvalue weighted by Crippen LogP contribution is 2.40. The molecule has 1 aromatic carbocycles. The molecule has 3 heterocycles. The molecule has 0 aliphatic heterocycles. The molecule has 1 fully saturated rings. The molecule has 0 bridgehead atoms. The normalized spacial score (nSPS) is 13.7. The first-order valence-electron chi connectivity index (χ1n) is 10.1. The predicted molar refractivity (Wildman–Crippen MR) is 120 cm³/mol. The zero-order chi connectivity index (χ0) is 21.0. The van der Waals surface area contributed by atoms with E-state index < -0.39 is 0 Å². The molecule has 0 spiro atoms. The van der Waals surface area contributed by atoms with Gasteiger partial charge in [-0.1, -0.05) is 18.2 Å². The van der Waals surface area contributed by atoms with Crippen LogP contribution >= 0.6 is 11.3 Å². The summed E-state index contributed by atoms with van der Waals surface area (Å²) in [5.41, 5.74) is 5.31. The average molecular weight is 418 g/mol. The number of rotatable bonds is 4. The minimum Gasteiger partial charge on any atom is -0.318 e. The van der Waals surface area contributed by atoms with Crippen LogP contribution in [0.1, 0.15) is 56.9 Å². The number of hydrogen-bond acceptors (Lipinski definition) is 5. The molecule has 1 saturated carbocycles. The molecule has 4 aromatic rings. The third-order valence-electron chi connectivity index (χ3n) is 5.67. The van der Waals surface area contributed by atoms with E-state index in [0.29, 0.717) is 10.8 Å². The van der Waals surface area contributed by atoms with Crippen molar-refractivity contribution < 1.29 is 4.79 Å². The Kier molecular flexibility index (Phi) is 4.43. The Morgan fingerprint density at radius 3 is 2.50 bits per heavy atom. The van der Waals surface area contributed by atoms with Gasteiger partial charge in [-0.25, -0.2) is 14.6 Å². The van der Waals surface area contributed by atoms with Crippen molar-refractivity contribution in [2.45, 2.75) is 46.5 Å². The van der Waals surface area contributed by atoms with Crippen LogP contribution in [0.3, 0.4) is 0 Å². The van der Waals surface area contributed by atoms with Crippen molar-refractivity contribution in [2.24, 2.45) is 0 Å². The van der Waals surface area contributed by atoms with Crippen LogP contribution in [-0.4, -0.2) is 25.7 Å². The molecule has 152 valence electrons. The van der Waals surface area contributed by atoms with Crippen LogP contribution in [0.25, 0.3) is 15.9 Å². The summed E-state index contributed by atoms with van der Waals surface area (Å²) in [6, 6.07) is 9.93. The Hall–Kier alpha value is -3.06. The summed E-state index contributed by atoms with van der Waals surface area (Å²) >= 11 is 1.45.